The van der Waals surface area contributed by atoms with Crippen molar-refractivity contribution in [3.8, 4) is 11.1 Å². The van der Waals surface area contributed by atoms with Gasteiger partial charge in [0.05, 0.1) is 17.2 Å². The van der Waals surface area contributed by atoms with Crippen LogP contribution in [0.1, 0.15) is 27.7 Å². The second kappa shape index (κ2) is 8.36. The first-order valence-electron chi connectivity index (χ1n) is 9.28. The van der Waals surface area contributed by atoms with E-state index in [1.165, 1.54) is 6.07 Å². The largest absolute Gasteiger partial charge is 0.462 e. The van der Waals surface area contributed by atoms with Gasteiger partial charge in [0.2, 0.25) is 0 Å². The second-order valence-corrected chi connectivity index (χ2v) is 8.23. The number of hydrogen-bond donors (Lipinski definition) is 0. The first-order chi connectivity index (χ1) is 14.0. The summed E-state index contributed by atoms with van der Waals surface area (Å²) in [6.45, 7) is 2.14. The van der Waals surface area contributed by atoms with E-state index in [0.29, 0.717) is 18.6 Å². The van der Waals surface area contributed by atoms with E-state index in [2.05, 4.69) is 18.2 Å². The number of esters is 1. The summed E-state index contributed by atoms with van der Waals surface area (Å²) in [5.74, 6) is -0.726. The van der Waals surface area contributed by atoms with Gasteiger partial charge in [0, 0.05) is 21.4 Å². The molecule has 0 N–H and O–H groups in total. The van der Waals surface area contributed by atoms with Crippen molar-refractivity contribution in [3.63, 3.8) is 0 Å². The van der Waals surface area contributed by atoms with Crippen LogP contribution in [0.15, 0.2) is 66.7 Å². The number of thiophene rings is 1. The van der Waals surface area contributed by atoms with E-state index >= 15 is 0 Å². The fourth-order valence-electron chi connectivity index (χ4n) is 3.33. The molecule has 0 aliphatic carbocycles. The lowest BCUT2D eigenvalue weighted by molar-refractivity contribution is 0.0526. The average molecular weight is 425 g/mol. The summed E-state index contributed by atoms with van der Waals surface area (Å²) in [7, 11) is 0. The minimum Gasteiger partial charge on any atom is -0.462 e. The molecule has 0 spiro atoms. The highest BCUT2D eigenvalue weighted by atomic mass is 35.5. The number of fused-ring (bicyclic) bond motifs is 1. The molecule has 0 amide bonds. The van der Waals surface area contributed by atoms with Gasteiger partial charge in [0.15, 0.2) is 0 Å². The molecule has 1 aromatic heterocycles. The number of carbonyl (C=O) groups is 1. The van der Waals surface area contributed by atoms with Crippen LogP contribution in [-0.2, 0) is 11.2 Å². The Morgan fingerprint density at radius 3 is 2.69 bits per heavy atom. The predicted molar refractivity (Wildman–Crippen MR) is 117 cm³/mol. The molecule has 0 saturated carbocycles. The summed E-state index contributed by atoms with van der Waals surface area (Å²) >= 11 is 7.62. The van der Waals surface area contributed by atoms with Gasteiger partial charge >= 0.3 is 5.97 Å². The number of carbonyl (C=O) groups excluding carboxylic acids is 1. The molecular weight excluding hydrogens is 407 g/mol. The Kier molecular flexibility index (Phi) is 5.65. The van der Waals surface area contributed by atoms with Crippen LogP contribution in [0.4, 0.5) is 4.39 Å². The van der Waals surface area contributed by atoms with E-state index in [-0.39, 0.29) is 11.0 Å². The lowest BCUT2D eigenvalue weighted by Gasteiger charge is -2.07. The van der Waals surface area contributed by atoms with Crippen molar-refractivity contribution in [1.29, 1.82) is 0 Å². The minimum absolute atomic E-state index is 0.139. The van der Waals surface area contributed by atoms with E-state index < -0.39 is 5.82 Å². The quantitative estimate of drug-likeness (QED) is 0.318. The molecule has 0 unspecified atom stereocenters. The number of rotatable bonds is 5. The van der Waals surface area contributed by atoms with Crippen LogP contribution in [-0.4, -0.2) is 12.6 Å². The zero-order chi connectivity index (χ0) is 20.4. The average Bonchev–Trinajstić information content (AvgIpc) is 3.13. The second-order valence-electron chi connectivity index (χ2n) is 6.66. The molecule has 0 atom stereocenters. The molecule has 3 aromatic carbocycles. The van der Waals surface area contributed by atoms with Gasteiger partial charge in [-0.05, 0) is 60.0 Å². The van der Waals surface area contributed by atoms with Crippen LogP contribution in [0, 0.1) is 5.82 Å². The van der Waals surface area contributed by atoms with Crippen LogP contribution in [0.5, 0.6) is 0 Å². The van der Waals surface area contributed by atoms with Crippen LogP contribution >= 0.6 is 22.9 Å². The van der Waals surface area contributed by atoms with Crippen molar-refractivity contribution in [2.24, 2.45) is 0 Å². The first kappa shape index (κ1) is 19.6. The lowest BCUT2D eigenvalue weighted by atomic mass is 9.99. The van der Waals surface area contributed by atoms with Crippen LogP contribution in [0.2, 0.25) is 5.02 Å². The maximum absolute atomic E-state index is 13.4. The zero-order valence-electron chi connectivity index (χ0n) is 15.7. The summed E-state index contributed by atoms with van der Waals surface area (Å²) in [6.07, 6.45) is 0.682. The highest BCUT2D eigenvalue weighted by Crippen LogP contribution is 2.35. The number of ether oxygens (including phenoxy) is 1. The normalized spacial score (nSPS) is 11.0. The van der Waals surface area contributed by atoms with E-state index in [1.54, 1.807) is 36.5 Å². The summed E-state index contributed by atoms with van der Waals surface area (Å²) in [4.78, 5) is 13.3. The van der Waals surface area contributed by atoms with Gasteiger partial charge in [-0.1, -0.05) is 41.9 Å². The van der Waals surface area contributed by atoms with Gasteiger partial charge < -0.3 is 4.74 Å². The molecule has 0 aliphatic rings. The van der Waals surface area contributed by atoms with E-state index in [1.807, 2.05) is 24.3 Å². The summed E-state index contributed by atoms with van der Waals surface area (Å²) < 4.78 is 19.7. The number of halogens is 2. The maximum Gasteiger partial charge on any atom is 0.338 e. The molecule has 0 radical (unpaired) electrons. The molecule has 1 heterocycles. The van der Waals surface area contributed by atoms with E-state index in [0.717, 1.165) is 31.7 Å². The molecule has 0 fully saturated rings. The van der Waals surface area contributed by atoms with Crippen molar-refractivity contribution in [3.05, 3.63) is 93.6 Å². The predicted octanol–water partition coefficient (Wildman–Crippen LogP) is 7.13. The van der Waals surface area contributed by atoms with Crippen LogP contribution in [0.3, 0.4) is 0 Å². The Morgan fingerprint density at radius 1 is 1.07 bits per heavy atom. The molecule has 4 rings (SSSR count). The Bertz CT molecular complexity index is 1200. The van der Waals surface area contributed by atoms with Gasteiger partial charge in [-0.15, -0.1) is 11.3 Å². The molecule has 0 aliphatic heterocycles. The van der Waals surface area contributed by atoms with E-state index in [4.69, 9.17) is 16.3 Å². The molecule has 0 saturated heterocycles. The molecule has 146 valence electrons. The van der Waals surface area contributed by atoms with Crippen molar-refractivity contribution >= 4 is 39.0 Å². The monoisotopic (exact) mass is 424 g/mol. The Labute approximate surface area is 177 Å². The number of benzene rings is 3. The Balaban J connectivity index is 1.70. The first-order valence-corrected chi connectivity index (χ1v) is 10.5. The molecule has 0 bridgehead atoms. The van der Waals surface area contributed by atoms with Gasteiger partial charge in [-0.25, -0.2) is 9.18 Å². The third kappa shape index (κ3) is 4.19. The molecule has 29 heavy (non-hydrogen) atoms. The third-order valence-corrected chi connectivity index (χ3v) is 6.05. The zero-order valence-corrected chi connectivity index (χ0v) is 17.3. The summed E-state index contributed by atoms with van der Waals surface area (Å²) in [5.41, 5.74) is 3.54. The topological polar surface area (TPSA) is 26.3 Å². The van der Waals surface area contributed by atoms with Crippen molar-refractivity contribution in [1.82, 2.24) is 0 Å². The maximum atomic E-state index is 13.4. The number of hydrogen-bond acceptors (Lipinski definition) is 3. The van der Waals surface area contributed by atoms with Crippen molar-refractivity contribution in [2.75, 3.05) is 6.61 Å². The van der Waals surface area contributed by atoms with Gasteiger partial charge in [-0.3, -0.25) is 0 Å². The third-order valence-electron chi connectivity index (χ3n) is 4.66. The van der Waals surface area contributed by atoms with Gasteiger partial charge in [0.25, 0.3) is 0 Å². The van der Waals surface area contributed by atoms with Crippen LogP contribution < -0.4 is 0 Å². The molecule has 4 aromatic rings. The lowest BCUT2D eigenvalue weighted by Crippen LogP contribution is -2.04. The standard InChI is InChI=1S/C24H18ClFO2S/c1-2-28-24(27)17-6-3-5-16(13-17)19-7-4-8-23-20(19)14-18(29-23)11-15-9-10-22(26)21(25)12-15/h3-10,12-14H,2,11H2,1H3. The molecular formula is C24H18ClFO2S. The summed E-state index contributed by atoms with van der Waals surface area (Å²) in [5, 5.41) is 1.27. The Morgan fingerprint density at radius 2 is 1.90 bits per heavy atom. The van der Waals surface area contributed by atoms with Crippen molar-refractivity contribution < 1.29 is 13.9 Å². The van der Waals surface area contributed by atoms with Gasteiger partial charge in [-0.2, -0.15) is 0 Å². The van der Waals surface area contributed by atoms with E-state index in [9.17, 15) is 9.18 Å². The fraction of sp³-hybridized carbons (Fsp3) is 0.125. The summed E-state index contributed by atoms with van der Waals surface area (Å²) in [6, 6.07) is 20.6. The van der Waals surface area contributed by atoms with Crippen molar-refractivity contribution in [2.45, 2.75) is 13.3 Å². The molecule has 2 nitrogen and oxygen atoms in total. The SMILES string of the molecule is CCOC(=O)c1cccc(-c2cccc3sc(Cc4ccc(F)c(Cl)c4)cc23)c1. The van der Waals surface area contributed by atoms with Gasteiger partial charge in [0.1, 0.15) is 5.82 Å². The molecule has 5 heteroatoms. The highest BCUT2D eigenvalue weighted by molar-refractivity contribution is 7.19. The Hall–Kier alpha value is -2.69. The highest BCUT2D eigenvalue weighted by Gasteiger charge is 2.12. The minimum atomic E-state index is -0.407. The fourth-order valence-corrected chi connectivity index (χ4v) is 4.66. The smallest absolute Gasteiger partial charge is 0.338 e. The van der Waals surface area contributed by atoms with Crippen LogP contribution in [0.25, 0.3) is 21.2 Å².